The molecule has 0 N–H and O–H groups in total. The summed E-state index contributed by atoms with van der Waals surface area (Å²) in [5.74, 6) is -0.224. The van der Waals surface area contributed by atoms with E-state index in [0.29, 0.717) is 32.7 Å². The van der Waals surface area contributed by atoms with Crippen LogP contribution >= 0.6 is 34.8 Å². The van der Waals surface area contributed by atoms with Gasteiger partial charge in [-0.25, -0.2) is 4.98 Å². The predicted octanol–water partition coefficient (Wildman–Crippen LogP) is 5.66. The molecule has 0 atom stereocenters. The number of fused-ring (bicyclic) bond motifs is 1. The van der Waals surface area contributed by atoms with Crippen LogP contribution < -0.4 is 10.2 Å². The summed E-state index contributed by atoms with van der Waals surface area (Å²) in [6, 6.07) is 8.24. The molecule has 0 unspecified atom stereocenters. The van der Waals surface area contributed by atoms with Crippen LogP contribution in [0.1, 0.15) is 19.5 Å². The van der Waals surface area contributed by atoms with Gasteiger partial charge in [-0.2, -0.15) is 0 Å². The Morgan fingerprint density at radius 3 is 2.50 bits per heavy atom. The van der Waals surface area contributed by atoms with Gasteiger partial charge in [0.2, 0.25) is 11.7 Å². The van der Waals surface area contributed by atoms with Gasteiger partial charge in [-0.1, -0.05) is 40.9 Å². The fourth-order valence-corrected chi connectivity index (χ4v) is 4.03. The second-order valence-electron chi connectivity index (χ2n) is 7.19. The Morgan fingerprint density at radius 2 is 1.87 bits per heavy atom. The molecular formula is C21H17Cl3N2O4. The molecule has 9 heteroatoms. The Labute approximate surface area is 187 Å². The number of pyridine rings is 2. The van der Waals surface area contributed by atoms with E-state index in [2.05, 4.69) is 4.98 Å². The average molecular weight is 468 g/mol. The summed E-state index contributed by atoms with van der Waals surface area (Å²) in [5, 5.41) is 1.25. The number of aryl methyl sites for hydroxylation is 1. The Morgan fingerprint density at radius 1 is 1.17 bits per heavy atom. The number of aromatic nitrogens is 2. The SMILES string of the molecule is Cc1cc(=O)c2c(OCC3=COC(C)(C)O3)nc(Cl)cc2n1-c1c(Cl)cccc1Cl. The van der Waals surface area contributed by atoms with Crippen molar-refractivity contribution >= 4 is 45.7 Å². The lowest BCUT2D eigenvalue weighted by atomic mass is 10.2. The number of benzene rings is 1. The summed E-state index contributed by atoms with van der Waals surface area (Å²) < 4.78 is 18.6. The molecule has 1 aromatic carbocycles. The number of hydrogen-bond donors (Lipinski definition) is 0. The van der Waals surface area contributed by atoms with Crippen LogP contribution in [-0.2, 0) is 9.47 Å². The van der Waals surface area contributed by atoms with Gasteiger partial charge in [-0.3, -0.25) is 4.79 Å². The Balaban J connectivity index is 1.87. The van der Waals surface area contributed by atoms with E-state index in [-0.39, 0.29) is 28.5 Å². The third-order valence-corrected chi connectivity index (χ3v) is 5.28. The molecule has 1 aliphatic heterocycles. The minimum atomic E-state index is -0.771. The van der Waals surface area contributed by atoms with Crippen LogP contribution in [0.3, 0.4) is 0 Å². The maximum absolute atomic E-state index is 12.9. The van der Waals surface area contributed by atoms with E-state index in [1.807, 2.05) is 0 Å². The van der Waals surface area contributed by atoms with E-state index in [9.17, 15) is 4.79 Å². The molecule has 4 rings (SSSR count). The second kappa shape index (κ2) is 7.69. The van der Waals surface area contributed by atoms with Crippen LogP contribution in [0.25, 0.3) is 16.6 Å². The standard InChI is InChI=1S/C21H17Cl3N2O4/c1-11-7-16(27)18-15(26(11)19-13(22)5-4-6-14(19)23)8-17(24)25-20(18)28-9-12-10-29-21(2,3)30-12/h4-8,10H,9H2,1-3H3. The van der Waals surface area contributed by atoms with Gasteiger partial charge < -0.3 is 18.8 Å². The van der Waals surface area contributed by atoms with Gasteiger partial charge in [0.15, 0.2) is 17.8 Å². The molecule has 0 amide bonds. The number of rotatable bonds is 4. The van der Waals surface area contributed by atoms with Crippen molar-refractivity contribution in [1.82, 2.24) is 9.55 Å². The second-order valence-corrected chi connectivity index (χ2v) is 8.39. The fourth-order valence-electron chi connectivity index (χ4n) is 3.28. The highest BCUT2D eigenvalue weighted by molar-refractivity contribution is 6.38. The van der Waals surface area contributed by atoms with Crippen molar-refractivity contribution < 1.29 is 14.2 Å². The molecule has 0 bridgehead atoms. The average Bonchev–Trinajstić information content (AvgIpc) is 3.00. The van der Waals surface area contributed by atoms with Gasteiger partial charge in [0.1, 0.15) is 16.8 Å². The first-order chi connectivity index (χ1) is 14.2. The van der Waals surface area contributed by atoms with Crippen molar-refractivity contribution in [2.24, 2.45) is 0 Å². The molecule has 1 aliphatic rings. The zero-order valence-electron chi connectivity index (χ0n) is 16.3. The first-order valence-corrected chi connectivity index (χ1v) is 10.2. The molecule has 3 heterocycles. The van der Waals surface area contributed by atoms with Gasteiger partial charge in [0, 0.05) is 31.7 Å². The monoisotopic (exact) mass is 466 g/mol. The van der Waals surface area contributed by atoms with E-state index in [0.717, 1.165) is 0 Å². The van der Waals surface area contributed by atoms with Crippen LogP contribution in [0.5, 0.6) is 5.88 Å². The Bertz CT molecular complexity index is 1230. The maximum Gasteiger partial charge on any atom is 0.244 e. The van der Waals surface area contributed by atoms with Crippen LogP contribution in [0.4, 0.5) is 0 Å². The number of hydrogen-bond acceptors (Lipinski definition) is 5. The quantitative estimate of drug-likeness (QED) is 0.464. The molecule has 0 spiro atoms. The van der Waals surface area contributed by atoms with E-state index in [4.69, 9.17) is 49.0 Å². The Hall–Kier alpha value is -2.41. The normalized spacial score (nSPS) is 14.9. The van der Waals surface area contributed by atoms with Crippen molar-refractivity contribution in [3.05, 3.63) is 73.5 Å². The minimum absolute atomic E-state index is 0.0199. The van der Waals surface area contributed by atoms with Gasteiger partial charge >= 0.3 is 0 Å². The number of halogens is 3. The topological polar surface area (TPSA) is 62.6 Å². The van der Waals surface area contributed by atoms with E-state index >= 15 is 0 Å². The summed E-state index contributed by atoms with van der Waals surface area (Å²) in [4.78, 5) is 17.1. The first-order valence-electron chi connectivity index (χ1n) is 9.02. The van der Waals surface area contributed by atoms with Crippen LogP contribution in [0.2, 0.25) is 15.2 Å². The molecule has 0 aliphatic carbocycles. The van der Waals surface area contributed by atoms with Crippen LogP contribution in [0.15, 0.2) is 47.1 Å². The smallest absolute Gasteiger partial charge is 0.244 e. The molecule has 0 saturated heterocycles. The number of para-hydroxylation sites is 1. The minimum Gasteiger partial charge on any atom is -0.469 e. The largest absolute Gasteiger partial charge is 0.469 e. The van der Waals surface area contributed by atoms with Gasteiger partial charge in [0.05, 0.1) is 21.2 Å². The summed E-state index contributed by atoms with van der Waals surface area (Å²) in [6.45, 7) is 5.36. The highest BCUT2D eigenvalue weighted by Crippen LogP contribution is 2.34. The molecule has 6 nitrogen and oxygen atoms in total. The number of nitrogens with zero attached hydrogens (tertiary/aromatic N) is 2. The third-order valence-electron chi connectivity index (χ3n) is 4.48. The predicted molar refractivity (Wildman–Crippen MR) is 117 cm³/mol. The summed E-state index contributed by atoms with van der Waals surface area (Å²) in [7, 11) is 0. The van der Waals surface area contributed by atoms with Crippen molar-refractivity contribution in [1.29, 1.82) is 0 Å². The van der Waals surface area contributed by atoms with Gasteiger partial charge in [-0.15, -0.1) is 0 Å². The number of ether oxygens (including phenoxy) is 3. The molecule has 0 radical (unpaired) electrons. The van der Waals surface area contributed by atoms with E-state index in [1.54, 1.807) is 49.6 Å². The fraction of sp³-hybridized carbons (Fsp3) is 0.238. The van der Waals surface area contributed by atoms with Crippen molar-refractivity contribution in [3.63, 3.8) is 0 Å². The Kier molecular flexibility index (Phi) is 5.34. The molecule has 2 aromatic heterocycles. The van der Waals surface area contributed by atoms with Crippen LogP contribution in [-0.4, -0.2) is 21.9 Å². The molecular weight excluding hydrogens is 451 g/mol. The molecule has 3 aromatic rings. The molecule has 0 fully saturated rings. The molecule has 30 heavy (non-hydrogen) atoms. The lowest BCUT2D eigenvalue weighted by Gasteiger charge is -2.19. The summed E-state index contributed by atoms with van der Waals surface area (Å²) in [5.41, 5.74) is 1.38. The third kappa shape index (κ3) is 3.83. The van der Waals surface area contributed by atoms with E-state index < -0.39 is 5.79 Å². The van der Waals surface area contributed by atoms with E-state index in [1.165, 1.54) is 12.3 Å². The van der Waals surface area contributed by atoms with Crippen LogP contribution in [0, 0.1) is 6.92 Å². The zero-order chi connectivity index (χ0) is 21.6. The molecule has 0 saturated carbocycles. The highest BCUT2D eigenvalue weighted by atomic mass is 35.5. The van der Waals surface area contributed by atoms with Crippen molar-refractivity contribution in [2.75, 3.05) is 6.61 Å². The zero-order valence-corrected chi connectivity index (χ0v) is 18.6. The highest BCUT2D eigenvalue weighted by Gasteiger charge is 2.28. The molecule has 156 valence electrons. The lowest BCUT2D eigenvalue weighted by molar-refractivity contribution is -0.119. The lowest BCUT2D eigenvalue weighted by Crippen LogP contribution is -2.21. The van der Waals surface area contributed by atoms with Gasteiger partial charge in [0.25, 0.3) is 0 Å². The van der Waals surface area contributed by atoms with Crippen molar-refractivity contribution in [3.8, 4) is 11.6 Å². The first kappa shape index (κ1) is 20.8. The maximum atomic E-state index is 12.9. The van der Waals surface area contributed by atoms with Crippen molar-refractivity contribution in [2.45, 2.75) is 26.6 Å². The summed E-state index contributed by atoms with van der Waals surface area (Å²) >= 11 is 19.1. The summed E-state index contributed by atoms with van der Waals surface area (Å²) in [6.07, 6.45) is 1.47. The van der Waals surface area contributed by atoms with Gasteiger partial charge in [-0.05, 0) is 19.1 Å².